The molecule has 5 heteroatoms. The molecule has 0 aromatic heterocycles. The zero-order valence-corrected chi connectivity index (χ0v) is 9.32. The normalized spacial score (nSPS) is 24.4. The van der Waals surface area contributed by atoms with E-state index in [0.717, 1.165) is 0 Å². The number of hydrogen-bond acceptors (Lipinski definition) is 4. The summed E-state index contributed by atoms with van der Waals surface area (Å²) in [6.45, 7) is 6.43. The van der Waals surface area contributed by atoms with Crippen LogP contribution in [0.15, 0.2) is 0 Å². The number of hydrogen-bond donors (Lipinski definition) is 0. The number of carbonyl (C=O) groups is 1. The fourth-order valence-corrected chi connectivity index (χ4v) is 1.65. The van der Waals surface area contributed by atoms with Gasteiger partial charge < -0.3 is 9.47 Å². The minimum Gasteiger partial charge on any atom is -0.450 e. The standard InChI is InChI=1S/C10H16N2O3/c1-4-15-9(13)12-8(5-11)6-14-7-10(12,2)3/h8H,4,6-7H2,1-3H3. The predicted molar refractivity (Wildman–Crippen MR) is 53.2 cm³/mol. The summed E-state index contributed by atoms with van der Waals surface area (Å²) in [6, 6.07) is 1.49. The van der Waals surface area contributed by atoms with Gasteiger partial charge in [-0.05, 0) is 20.8 Å². The maximum atomic E-state index is 11.7. The van der Waals surface area contributed by atoms with Gasteiger partial charge in [0.2, 0.25) is 0 Å². The Kier molecular flexibility index (Phi) is 3.53. The highest BCUT2D eigenvalue weighted by molar-refractivity contribution is 5.69. The Bertz CT molecular complexity index is 283. The lowest BCUT2D eigenvalue weighted by atomic mass is 10.0. The molecule has 1 saturated heterocycles. The average molecular weight is 212 g/mol. The van der Waals surface area contributed by atoms with Crippen LogP contribution in [0.1, 0.15) is 20.8 Å². The first kappa shape index (κ1) is 11.8. The lowest BCUT2D eigenvalue weighted by Gasteiger charge is -2.43. The van der Waals surface area contributed by atoms with Crippen molar-refractivity contribution in [2.75, 3.05) is 19.8 Å². The molecular weight excluding hydrogens is 196 g/mol. The summed E-state index contributed by atoms with van der Waals surface area (Å²) < 4.78 is 10.2. The van der Waals surface area contributed by atoms with Crippen LogP contribution in [-0.2, 0) is 9.47 Å². The molecule has 15 heavy (non-hydrogen) atoms. The topological polar surface area (TPSA) is 62.6 Å². The molecule has 0 saturated carbocycles. The van der Waals surface area contributed by atoms with Crippen molar-refractivity contribution in [2.24, 2.45) is 0 Å². The molecule has 0 radical (unpaired) electrons. The molecule has 1 unspecified atom stereocenters. The Balaban J connectivity index is 2.86. The van der Waals surface area contributed by atoms with Gasteiger partial charge in [-0.3, -0.25) is 4.90 Å². The van der Waals surface area contributed by atoms with Crippen molar-refractivity contribution in [2.45, 2.75) is 32.4 Å². The molecule has 0 bridgehead atoms. The van der Waals surface area contributed by atoms with E-state index in [-0.39, 0.29) is 6.61 Å². The number of nitriles is 1. The van der Waals surface area contributed by atoms with Crippen LogP contribution in [-0.4, -0.2) is 42.4 Å². The van der Waals surface area contributed by atoms with E-state index in [0.29, 0.717) is 13.2 Å². The van der Waals surface area contributed by atoms with Crippen molar-refractivity contribution >= 4 is 6.09 Å². The first-order valence-electron chi connectivity index (χ1n) is 4.96. The highest BCUT2D eigenvalue weighted by Gasteiger charge is 2.41. The summed E-state index contributed by atoms with van der Waals surface area (Å²) >= 11 is 0. The molecule has 5 nitrogen and oxygen atoms in total. The number of amides is 1. The van der Waals surface area contributed by atoms with Crippen molar-refractivity contribution in [1.82, 2.24) is 4.90 Å². The fourth-order valence-electron chi connectivity index (χ4n) is 1.65. The molecule has 84 valence electrons. The molecule has 1 rings (SSSR count). The maximum Gasteiger partial charge on any atom is 0.411 e. The van der Waals surface area contributed by atoms with E-state index in [9.17, 15) is 4.79 Å². The lowest BCUT2D eigenvalue weighted by Crippen LogP contribution is -2.60. The minimum atomic E-state index is -0.562. The van der Waals surface area contributed by atoms with Gasteiger partial charge in [0, 0.05) is 0 Å². The first-order valence-corrected chi connectivity index (χ1v) is 4.96. The molecule has 1 aliphatic rings. The highest BCUT2D eigenvalue weighted by atomic mass is 16.6. The van der Waals surface area contributed by atoms with Gasteiger partial charge in [-0.1, -0.05) is 0 Å². The van der Waals surface area contributed by atoms with Crippen LogP contribution in [0.2, 0.25) is 0 Å². The largest absolute Gasteiger partial charge is 0.450 e. The van der Waals surface area contributed by atoms with Gasteiger partial charge in [0.25, 0.3) is 0 Å². The summed E-state index contributed by atoms with van der Waals surface area (Å²) in [5.74, 6) is 0. The second-order valence-electron chi connectivity index (χ2n) is 4.04. The van der Waals surface area contributed by atoms with Crippen LogP contribution in [0.3, 0.4) is 0 Å². The molecular formula is C10H16N2O3. The monoisotopic (exact) mass is 212 g/mol. The quantitative estimate of drug-likeness (QED) is 0.654. The van der Waals surface area contributed by atoms with Crippen LogP contribution in [0.25, 0.3) is 0 Å². The van der Waals surface area contributed by atoms with E-state index >= 15 is 0 Å². The lowest BCUT2D eigenvalue weighted by molar-refractivity contribution is -0.0641. The van der Waals surface area contributed by atoms with Gasteiger partial charge in [-0.25, -0.2) is 4.79 Å². The molecule has 0 aliphatic carbocycles. The zero-order chi connectivity index (χ0) is 11.5. The molecule has 0 spiro atoms. The number of ether oxygens (including phenoxy) is 2. The molecule has 0 aromatic rings. The van der Waals surface area contributed by atoms with Gasteiger partial charge in [0.05, 0.1) is 31.4 Å². The van der Waals surface area contributed by atoms with Gasteiger partial charge in [0.1, 0.15) is 6.04 Å². The van der Waals surface area contributed by atoms with Gasteiger partial charge in [0.15, 0.2) is 0 Å². The fraction of sp³-hybridized carbons (Fsp3) is 0.800. The molecule has 1 amide bonds. The number of rotatable bonds is 1. The van der Waals surface area contributed by atoms with E-state index < -0.39 is 17.7 Å². The summed E-state index contributed by atoms with van der Waals surface area (Å²) in [5, 5.41) is 8.93. The van der Waals surface area contributed by atoms with Gasteiger partial charge in [-0.2, -0.15) is 5.26 Å². The summed E-state index contributed by atoms with van der Waals surface area (Å²) in [6.07, 6.45) is -0.447. The first-order chi connectivity index (χ1) is 7.03. The van der Waals surface area contributed by atoms with Crippen LogP contribution < -0.4 is 0 Å². The number of morpholine rings is 1. The predicted octanol–water partition coefficient (Wildman–Crippen LogP) is 1.15. The highest BCUT2D eigenvalue weighted by Crippen LogP contribution is 2.24. The number of carbonyl (C=O) groups excluding carboxylic acids is 1. The van der Waals surface area contributed by atoms with Crippen molar-refractivity contribution in [3.05, 3.63) is 0 Å². The van der Waals surface area contributed by atoms with E-state index in [1.54, 1.807) is 6.92 Å². The second-order valence-corrected chi connectivity index (χ2v) is 4.04. The van der Waals surface area contributed by atoms with E-state index in [2.05, 4.69) is 0 Å². The Hall–Kier alpha value is -1.28. The third kappa shape index (κ3) is 2.39. The molecule has 1 heterocycles. The Morgan fingerprint density at radius 1 is 1.73 bits per heavy atom. The van der Waals surface area contributed by atoms with Crippen molar-refractivity contribution < 1.29 is 14.3 Å². The van der Waals surface area contributed by atoms with Crippen molar-refractivity contribution in [1.29, 1.82) is 5.26 Å². The Labute approximate surface area is 89.6 Å². The van der Waals surface area contributed by atoms with E-state index in [1.807, 2.05) is 19.9 Å². The van der Waals surface area contributed by atoms with Crippen molar-refractivity contribution in [3.8, 4) is 6.07 Å². The SMILES string of the molecule is CCOC(=O)N1C(C#N)COCC1(C)C. The minimum absolute atomic E-state index is 0.249. The Morgan fingerprint density at radius 2 is 2.40 bits per heavy atom. The van der Waals surface area contributed by atoms with Gasteiger partial charge in [-0.15, -0.1) is 0 Å². The molecule has 1 aliphatic heterocycles. The van der Waals surface area contributed by atoms with Crippen LogP contribution >= 0.6 is 0 Å². The third-order valence-electron chi connectivity index (χ3n) is 2.31. The van der Waals surface area contributed by atoms with Crippen LogP contribution in [0, 0.1) is 11.3 Å². The summed E-state index contributed by atoms with van der Waals surface area (Å²) in [7, 11) is 0. The second kappa shape index (κ2) is 4.49. The molecule has 0 aromatic carbocycles. The molecule has 0 N–H and O–H groups in total. The summed E-state index contributed by atoms with van der Waals surface area (Å²) in [5.41, 5.74) is -0.495. The average Bonchev–Trinajstić information content (AvgIpc) is 2.16. The zero-order valence-electron chi connectivity index (χ0n) is 9.32. The third-order valence-corrected chi connectivity index (χ3v) is 2.31. The van der Waals surface area contributed by atoms with E-state index in [4.69, 9.17) is 14.7 Å². The van der Waals surface area contributed by atoms with E-state index in [1.165, 1.54) is 4.90 Å². The molecule has 1 fully saturated rings. The Morgan fingerprint density at radius 3 is 2.93 bits per heavy atom. The smallest absolute Gasteiger partial charge is 0.411 e. The van der Waals surface area contributed by atoms with Crippen LogP contribution in [0.5, 0.6) is 0 Å². The molecule has 1 atom stereocenters. The van der Waals surface area contributed by atoms with Crippen molar-refractivity contribution in [3.63, 3.8) is 0 Å². The van der Waals surface area contributed by atoms with Gasteiger partial charge >= 0.3 is 6.09 Å². The number of nitrogens with zero attached hydrogens (tertiary/aromatic N) is 2. The summed E-state index contributed by atoms with van der Waals surface area (Å²) in [4.78, 5) is 13.1. The maximum absolute atomic E-state index is 11.7. The van der Waals surface area contributed by atoms with Crippen LogP contribution in [0.4, 0.5) is 4.79 Å².